The fourth-order valence-corrected chi connectivity index (χ4v) is 3.40. The third kappa shape index (κ3) is 3.51. The van der Waals surface area contributed by atoms with Crippen molar-refractivity contribution in [2.75, 3.05) is 0 Å². The maximum Gasteiger partial charge on any atom is 0.305 e. The molecule has 0 aliphatic heterocycles. The normalized spacial score (nSPS) is 13.8. The molecule has 2 aromatic rings. The number of nitrogens with one attached hydrogen (secondary N) is 1. The summed E-state index contributed by atoms with van der Waals surface area (Å²) in [5, 5.41) is 14.8. The Morgan fingerprint density at radius 1 is 1.42 bits per heavy atom. The molecule has 6 nitrogen and oxygen atoms in total. The summed E-state index contributed by atoms with van der Waals surface area (Å²) in [6, 6.07) is 1.81. The molecule has 0 fully saturated rings. The van der Waals surface area contributed by atoms with Crippen LogP contribution in [0.25, 0.3) is 5.13 Å². The quantitative estimate of drug-likeness (QED) is 0.839. The first-order valence-electron chi connectivity index (χ1n) is 7.79. The molecule has 0 aliphatic rings. The van der Waals surface area contributed by atoms with Crippen molar-refractivity contribution in [1.82, 2.24) is 14.9 Å². The lowest BCUT2D eigenvalue weighted by Crippen LogP contribution is -2.51. The van der Waals surface area contributed by atoms with Gasteiger partial charge in [-0.1, -0.05) is 13.8 Å². The molecule has 2 aromatic heterocycles. The first-order valence-corrected chi connectivity index (χ1v) is 8.67. The lowest BCUT2D eigenvalue weighted by atomic mass is 9.85. The van der Waals surface area contributed by atoms with Crippen LogP contribution >= 0.6 is 11.3 Å². The second-order valence-corrected chi connectivity index (χ2v) is 7.40. The minimum absolute atomic E-state index is 0.0139. The van der Waals surface area contributed by atoms with Gasteiger partial charge < -0.3 is 10.4 Å². The summed E-state index contributed by atoms with van der Waals surface area (Å²) >= 11 is 1.50. The number of hydrogen-bond acceptors (Lipinski definition) is 4. The van der Waals surface area contributed by atoms with Crippen molar-refractivity contribution in [3.63, 3.8) is 0 Å². The first kappa shape index (κ1) is 18.2. The molecule has 0 aromatic carbocycles. The van der Waals surface area contributed by atoms with Gasteiger partial charge in [-0.3, -0.25) is 14.2 Å². The lowest BCUT2D eigenvalue weighted by molar-refractivity contribution is -0.138. The van der Waals surface area contributed by atoms with Crippen molar-refractivity contribution in [2.45, 2.75) is 46.6 Å². The number of aliphatic carboxylic acids is 1. The molecule has 130 valence electrons. The highest BCUT2D eigenvalue weighted by Gasteiger charge is 2.34. The van der Waals surface area contributed by atoms with Crippen LogP contribution in [0.1, 0.15) is 48.9 Å². The van der Waals surface area contributed by atoms with E-state index in [0.717, 1.165) is 16.5 Å². The zero-order valence-electron chi connectivity index (χ0n) is 14.6. The fourth-order valence-electron chi connectivity index (χ4n) is 2.65. The number of amides is 1. The van der Waals surface area contributed by atoms with Crippen LogP contribution in [0.4, 0.5) is 0 Å². The molecular formula is C17H23N3O3S. The van der Waals surface area contributed by atoms with Gasteiger partial charge in [0.15, 0.2) is 5.13 Å². The van der Waals surface area contributed by atoms with E-state index in [1.54, 1.807) is 13.1 Å². The number of rotatable bonds is 6. The maximum atomic E-state index is 12.8. The van der Waals surface area contributed by atoms with Crippen LogP contribution in [0.5, 0.6) is 0 Å². The van der Waals surface area contributed by atoms with Crippen LogP contribution in [0.3, 0.4) is 0 Å². The van der Waals surface area contributed by atoms with E-state index in [0.29, 0.717) is 5.56 Å². The molecular weight excluding hydrogens is 326 g/mol. The van der Waals surface area contributed by atoms with E-state index in [2.05, 4.69) is 10.3 Å². The van der Waals surface area contributed by atoms with E-state index < -0.39 is 11.5 Å². The van der Waals surface area contributed by atoms with E-state index in [1.165, 1.54) is 11.3 Å². The number of aryl methyl sites for hydroxylation is 1. The van der Waals surface area contributed by atoms with Gasteiger partial charge >= 0.3 is 5.97 Å². The molecule has 0 radical (unpaired) electrons. The van der Waals surface area contributed by atoms with Gasteiger partial charge in [0.2, 0.25) is 0 Å². The van der Waals surface area contributed by atoms with Crippen molar-refractivity contribution < 1.29 is 14.7 Å². The molecule has 0 spiro atoms. The predicted molar refractivity (Wildman–Crippen MR) is 93.9 cm³/mol. The maximum absolute atomic E-state index is 12.8. The zero-order chi connectivity index (χ0) is 18.1. The highest BCUT2D eigenvalue weighted by atomic mass is 32.1. The Hall–Kier alpha value is -2.15. The molecule has 0 saturated carbocycles. The molecule has 1 unspecified atom stereocenters. The summed E-state index contributed by atoms with van der Waals surface area (Å²) in [7, 11) is 0. The molecule has 0 aliphatic carbocycles. The molecule has 1 amide bonds. The van der Waals surface area contributed by atoms with E-state index in [-0.39, 0.29) is 18.2 Å². The van der Waals surface area contributed by atoms with Gasteiger partial charge in [-0.25, -0.2) is 4.98 Å². The Bertz CT molecular complexity index is 749. The van der Waals surface area contributed by atoms with Gasteiger partial charge in [0.25, 0.3) is 5.91 Å². The minimum Gasteiger partial charge on any atom is -0.481 e. The second kappa shape index (κ2) is 6.76. The van der Waals surface area contributed by atoms with Gasteiger partial charge in [0.05, 0.1) is 17.5 Å². The van der Waals surface area contributed by atoms with Crippen molar-refractivity contribution >= 4 is 23.2 Å². The van der Waals surface area contributed by atoms with Crippen molar-refractivity contribution in [3.8, 4) is 5.13 Å². The third-order valence-electron chi connectivity index (χ3n) is 4.48. The van der Waals surface area contributed by atoms with Gasteiger partial charge in [-0.15, -0.1) is 11.3 Å². The standard InChI is InChI=1S/C17H23N3O3S/c1-10(2)17(5,9-14(21)22)19-15(23)13-8-11(3)20(12(13)4)16-18-6-7-24-16/h6-8,10H,9H2,1-5H3,(H,19,23)(H,21,22). The largest absolute Gasteiger partial charge is 0.481 e. The van der Waals surface area contributed by atoms with Gasteiger partial charge in [-0.05, 0) is 32.8 Å². The van der Waals surface area contributed by atoms with Crippen molar-refractivity contribution in [3.05, 3.63) is 34.6 Å². The third-order valence-corrected chi connectivity index (χ3v) is 5.23. The van der Waals surface area contributed by atoms with Crippen molar-refractivity contribution in [2.24, 2.45) is 5.92 Å². The molecule has 7 heteroatoms. The molecule has 24 heavy (non-hydrogen) atoms. The molecule has 2 rings (SSSR count). The van der Waals surface area contributed by atoms with Gasteiger partial charge in [0, 0.05) is 23.0 Å². The van der Waals surface area contributed by atoms with Crippen LogP contribution < -0.4 is 5.32 Å². The van der Waals surface area contributed by atoms with Crippen molar-refractivity contribution in [1.29, 1.82) is 0 Å². The van der Waals surface area contributed by atoms with Crippen LogP contribution in [0.2, 0.25) is 0 Å². The van der Waals surface area contributed by atoms with Crippen LogP contribution in [0, 0.1) is 19.8 Å². The smallest absolute Gasteiger partial charge is 0.305 e. The molecule has 1 atom stereocenters. The van der Waals surface area contributed by atoms with Crippen LogP contribution in [-0.2, 0) is 4.79 Å². The zero-order valence-corrected chi connectivity index (χ0v) is 15.4. The first-order chi connectivity index (χ1) is 11.2. The molecule has 2 N–H and O–H groups in total. The Morgan fingerprint density at radius 2 is 2.08 bits per heavy atom. The number of nitrogens with zero attached hydrogens (tertiary/aromatic N) is 2. The minimum atomic E-state index is -0.931. The lowest BCUT2D eigenvalue weighted by Gasteiger charge is -2.33. The monoisotopic (exact) mass is 349 g/mol. The van der Waals surface area contributed by atoms with E-state index in [4.69, 9.17) is 5.11 Å². The average Bonchev–Trinajstić information content (AvgIpc) is 3.05. The topological polar surface area (TPSA) is 84.2 Å². The Balaban J connectivity index is 2.34. The predicted octanol–water partition coefficient (Wildman–Crippen LogP) is 3.17. The Labute approximate surface area is 145 Å². The molecule has 0 saturated heterocycles. The van der Waals surface area contributed by atoms with Gasteiger partial charge in [-0.2, -0.15) is 0 Å². The van der Waals surface area contributed by atoms with E-state index >= 15 is 0 Å². The number of carboxylic acids is 1. The number of carboxylic acid groups (broad SMARTS) is 1. The highest BCUT2D eigenvalue weighted by Crippen LogP contribution is 2.25. The average molecular weight is 349 g/mol. The Morgan fingerprint density at radius 3 is 2.58 bits per heavy atom. The summed E-state index contributed by atoms with van der Waals surface area (Å²) in [6.07, 6.45) is 1.60. The summed E-state index contributed by atoms with van der Waals surface area (Å²) in [5.41, 5.74) is 1.44. The number of aromatic nitrogens is 2. The van der Waals surface area contributed by atoms with E-state index in [1.807, 2.05) is 43.7 Å². The second-order valence-electron chi connectivity index (χ2n) is 6.53. The highest BCUT2D eigenvalue weighted by molar-refractivity contribution is 7.12. The number of thiazole rings is 1. The summed E-state index contributed by atoms with van der Waals surface area (Å²) < 4.78 is 1.93. The SMILES string of the molecule is Cc1cc(C(=O)NC(C)(CC(=O)O)C(C)C)c(C)n1-c1nccs1. The molecule has 0 bridgehead atoms. The van der Waals surface area contributed by atoms with E-state index in [9.17, 15) is 9.59 Å². The number of carbonyl (C=O) groups is 2. The Kier molecular flexibility index (Phi) is 5.13. The summed E-state index contributed by atoms with van der Waals surface area (Å²) in [5.74, 6) is -1.21. The molecule has 2 heterocycles. The van der Waals surface area contributed by atoms with Gasteiger partial charge in [0.1, 0.15) is 0 Å². The van der Waals surface area contributed by atoms with Crippen LogP contribution in [0.15, 0.2) is 17.6 Å². The summed E-state index contributed by atoms with van der Waals surface area (Å²) in [4.78, 5) is 28.2. The van der Waals surface area contributed by atoms with Crippen LogP contribution in [-0.4, -0.2) is 32.1 Å². The summed E-state index contributed by atoms with van der Waals surface area (Å²) in [6.45, 7) is 9.37. The number of carbonyl (C=O) groups excluding carboxylic acids is 1. The fraction of sp³-hybridized carbons (Fsp3) is 0.471. The number of hydrogen-bond donors (Lipinski definition) is 2.